The summed E-state index contributed by atoms with van der Waals surface area (Å²) in [4.78, 5) is 0. The molecule has 3 rings (SSSR count). The van der Waals surface area contributed by atoms with Gasteiger partial charge in [-0.2, -0.15) is 10.2 Å². The van der Waals surface area contributed by atoms with Crippen LogP contribution in [0.25, 0.3) is 0 Å². The van der Waals surface area contributed by atoms with Crippen LogP contribution >= 0.6 is 24.4 Å². The molecule has 0 aliphatic carbocycles. The molecule has 0 radical (unpaired) electrons. The number of thiocarbonyl (C=S) groups is 2. The highest BCUT2D eigenvalue weighted by molar-refractivity contribution is 7.80. The van der Waals surface area contributed by atoms with Crippen LogP contribution in [0.1, 0.15) is 11.1 Å². The molecule has 1 aliphatic heterocycles. The van der Waals surface area contributed by atoms with Crippen LogP contribution < -0.4 is 40.7 Å². The zero-order valence-corrected chi connectivity index (χ0v) is 23.3. The normalized spacial score (nSPS) is 14.2. The Morgan fingerprint density at radius 2 is 1.03 bits per heavy atom. The van der Waals surface area contributed by atoms with Crippen molar-refractivity contribution in [2.75, 3.05) is 54.6 Å². The Balaban J connectivity index is 1.36. The second kappa shape index (κ2) is 14.9. The van der Waals surface area contributed by atoms with Gasteiger partial charge in [0.15, 0.2) is 23.0 Å². The number of piperazine rings is 1. The summed E-state index contributed by atoms with van der Waals surface area (Å²) in [7, 11) is 6.36. The number of ether oxygens (including phenoxy) is 4. The lowest BCUT2D eigenvalue weighted by atomic mass is 10.2. The van der Waals surface area contributed by atoms with E-state index in [-0.39, 0.29) is 0 Å². The van der Waals surface area contributed by atoms with E-state index in [1.807, 2.05) is 46.4 Å². The summed E-state index contributed by atoms with van der Waals surface area (Å²) in [6.07, 6.45) is 3.30. The molecule has 38 heavy (non-hydrogen) atoms. The quantitative estimate of drug-likeness (QED) is 0.192. The third kappa shape index (κ3) is 8.69. The monoisotopic (exact) mass is 560 g/mol. The van der Waals surface area contributed by atoms with Crippen LogP contribution in [-0.4, -0.2) is 87.3 Å². The van der Waals surface area contributed by atoms with Crippen molar-refractivity contribution in [3.63, 3.8) is 0 Å². The molecular weight excluding hydrogens is 528 g/mol. The smallest absolute Gasteiger partial charge is 0.201 e. The molecule has 1 aliphatic rings. The topological polar surface area (TPSA) is 116 Å². The number of rotatable bonds is 10. The molecule has 1 fully saturated rings. The van der Waals surface area contributed by atoms with E-state index >= 15 is 0 Å². The third-order valence-corrected chi connectivity index (χ3v) is 5.74. The molecule has 0 amide bonds. The minimum absolute atomic E-state index is 0.393. The van der Waals surface area contributed by atoms with E-state index < -0.39 is 0 Å². The van der Waals surface area contributed by atoms with Crippen LogP contribution in [-0.2, 0) is 0 Å². The standard InChI is InChI=1S/C24H32N8O4S2/c1-33-19-7-5-17(13-21(19)35-3)15-25-27-23(37)29-31-9-11-32(12-10-31)30-24(38)28-26-16-18-6-8-20(34-2)22(14-18)36-4/h5-8,13-16H,9-12H2,1-4H3,(H2,27,29,37)(H2,28,30,38)/b25-15-,26-16-. The van der Waals surface area contributed by atoms with Crippen LogP contribution in [0.5, 0.6) is 23.0 Å². The molecule has 2 aromatic carbocycles. The van der Waals surface area contributed by atoms with Gasteiger partial charge >= 0.3 is 0 Å². The summed E-state index contributed by atoms with van der Waals surface area (Å²) in [5.74, 6) is 2.57. The summed E-state index contributed by atoms with van der Waals surface area (Å²) < 4.78 is 21.1. The summed E-state index contributed by atoms with van der Waals surface area (Å²) >= 11 is 10.7. The van der Waals surface area contributed by atoms with Crippen LogP contribution in [0.2, 0.25) is 0 Å². The summed E-state index contributed by atoms with van der Waals surface area (Å²) in [5.41, 5.74) is 13.6. The molecule has 0 saturated carbocycles. The molecule has 1 saturated heterocycles. The van der Waals surface area contributed by atoms with Crippen molar-refractivity contribution < 1.29 is 18.9 Å². The number of hydrazine groups is 2. The Labute approximate surface area is 232 Å². The molecule has 0 atom stereocenters. The van der Waals surface area contributed by atoms with Crippen LogP contribution in [0.3, 0.4) is 0 Å². The van der Waals surface area contributed by atoms with Gasteiger partial charge in [-0.1, -0.05) is 0 Å². The number of hydrogen-bond donors (Lipinski definition) is 4. The van der Waals surface area contributed by atoms with E-state index in [2.05, 4.69) is 31.9 Å². The predicted molar refractivity (Wildman–Crippen MR) is 155 cm³/mol. The first kappa shape index (κ1) is 28.8. The summed E-state index contributed by atoms with van der Waals surface area (Å²) in [6, 6.07) is 11.0. The van der Waals surface area contributed by atoms with Gasteiger partial charge in [-0.15, -0.1) is 0 Å². The molecule has 0 bridgehead atoms. The van der Waals surface area contributed by atoms with Gasteiger partial charge < -0.3 is 18.9 Å². The molecule has 4 N–H and O–H groups in total. The maximum Gasteiger partial charge on any atom is 0.201 e. The van der Waals surface area contributed by atoms with E-state index in [9.17, 15) is 0 Å². The Morgan fingerprint density at radius 3 is 1.37 bits per heavy atom. The van der Waals surface area contributed by atoms with Crippen LogP contribution in [0.15, 0.2) is 46.6 Å². The Kier molecular flexibility index (Phi) is 11.3. The van der Waals surface area contributed by atoms with Gasteiger partial charge in [0.1, 0.15) is 0 Å². The van der Waals surface area contributed by atoms with Crippen molar-refractivity contribution in [2.24, 2.45) is 10.2 Å². The zero-order chi connectivity index (χ0) is 27.3. The van der Waals surface area contributed by atoms with Gasteiger partial charge in [0, 0.05) is 26.2 Å². The third-order valence-electron chi connectivity index (χ3n) is 5.37. The van der Waals surface area contributed by atoms with Crippen LogP contribution in [0.4, 0.5) is 0 Å². The first-order chi connectivity index (χ1) is 18.4. The van der Waals surface area contributed by atoms with Gasteiger partial charge in [-0.3, -0.25) is 21.7 Å². The second-order valence-corrected chi connectivity index (χ2v) is 8.64. The Morgan fingerprint density at radius 1 is 0.658 bits per heavy atom. The summed E-state index contributed by atoms with van der Waals surface area (Å²) in [5, 5.41) is 13.2. The average molecular weight is 561 g/mol. The first-order valence-corrected chi connectivity index (χ1v) is 12.4. The van der Waals surface area contributed by atoms with E-state index in [0.717, 1.165) is 11.1 Å². The number of methoxy groups -OCH3 is 4. The molecule has 1 heterocycles. The van der Waals surface area contributed by atoms with E-state index in [0.29, 0.717) is 59.4 Å². The maximum absolute atomic E-state index is 5.34. The lowest BCUT2D eigenvalue weighted by molar-refractivity contribution is 0.0936. The van der Waals surface area contributed by atoms with Crippen molar-refractivity contribution in [2.45, 2.75) is 0 Å². The Bertz CT molecular complexity index is 1070. The van der Waals surface area contributed by atoms with E-state index in [1.54, 1.807) is 40.9 Å². The minimum Gasteiger partial charge on any atom is -0.493 e. The predicted octanol–water partition coefficient (Wildman–Crippen LogP) is 1.46. The lowest BCUT2D eigenvalue weighted by Gasteiger charge is -2.35. The van der Waals surface area contributed by atoms with Crippen molar-refractivity contribution in [1.82, 2.24) is 31.7 Å². The van der Waals surface area contributed by atoms with E-state index in [1.165, 1.54) is 0 Å². The molecular formula is C24H32N8O4S2. The fourth-order valence-corrected chi connectivity index (χ4v) is 3.83. The van der Waals surface area contributed by atoms with Crippen molar-refractivity contribution in [3.8, 4) is 23.0 Å². The van der Waals surface area contributed by atoms with Gasteiger partial charge in [-0.05, 0) is 72.0 Å². The molecule has 0 aromatic heterocycles. The van der Waals surface area contributed by atoms with Gasteiger partial charge in [0.05, 0.1) is 40.9 Å². The fourth-order valence-electron chi connectivity index (χ4n) is 3.46. The first-order valence-electron chi connectivity index (χ1n) is 11.6. The van der Waals surface area contributed by atoms with Gasteiger partial charge in [-0.25, -0.2) is 10.0 Å². The largest absolute Gasteiger partial charge is 0.493 e. The van der Waals surface area contributed by atoms with Crippen molar-refractivity contribution in [1.29, 1.82) is 0 Å². The molecule has 0 spiro atoms. The molecule has 14 heteroatoms. The number of hydrazone groups is 2. The molecule has 12 nitrogen and oxygen atoms in total. The zero-order valence-electron chi connectivity index (χ0n) is 21.7. The highest BCUT2D eigenvalue weighted by Crippen LogP contribution is 2.27. The average Bonchev–Trinajstić information content (AvgIpc) is 2.93. The fraction of sp³-hybridized carbons (Fsp3) is 0.333. The number of benzene rings is 2. The second-order valence-electron chi connectivity index (χ2n) is 7.82. The SMILES string of the molecule is COc1ccc(/C=N\NC(=S)NN2CCN(NC(=S)N/N=C\c3ccc(OC)c(OC)c3)CC2)cc1OC. The van der Waals surface area contributed by atoms with Gasteiger partial charge in [0.25, 0.3) is 0 Å². The molecule has 204 valence electrons. The number of nitrogens with zero attached hydrogens (tertiary/aromatic N) is 4. The highest BCUT2D eigenvalue weighted by atomic mass is 32.1. The highest BCUT2D eigenvalue weighted by Gasteiger charge is 2.18. The lowest BCUT2D eigenvalue weighted by Crippen LogP contribution is -2.59. The van der Waals surface area contributed by atoms with Gasteiger partial charge in [0.2, 0.25) is 10.2 Å². The minimum atomic E-state index is 0.393. The number of hydrogen-bond acceptors (Lipinski definition) is 10. The summed E-state index contributed by atoms with van der Waals surface area (Å²) in [6.45, 7) is 2.86. The molecule has 2 aromatic rings. The molecule has 0 unspecified atom stereocenters. The van der Waals surface area contributed by atoms with E-state index in [4.69, 9.17) is 43.4 Å². The number of nitrogens with one attached hydrogen (secondary N) is 4. The maximum atomic E-state index is 5.34. The van der Waals surface area contributed by atoms with Crippen molar-refractivity contribution in [3.05, 3.63) is 47.5 Å². The Hall–Kier alpha value is -3.72. The van der Waals surface area contributed by atoms with Crippen LogP contribution in [0, 0.1) is 0 Å². The van der Waals surface area contributed by atoms with Crippen molar-refractivity contribution >= 4 is 47.1 Å².